The molecule has 3 rings (SSSR count). The highest BCUT2D eigenvalue weighted by Crippen LogP contribution is 2.36. The average Bonchev–Trinajstić information content (AvgIpc) is 2.61. The summed E-state index contributed by atoms with van der Waals surface area (Å²) in [6, 6.07) is 17.6. The Morgan fingerprint density at radius 1 is 1.04 bits per heavy atom. The maximum absolute atomic E-state index is 12.0. The van der Waals surface area contributed by atoms with Gasteiger partial charge in [-0.3, -0.25) is 0 Å². The highest BCUT2D eigenvalue weighted by Gasteiger charge is 2.22. The Morgan fingerprint density at radius 2 is 1.75 bits per heavy atom. The lowest BCUT2D eigenvalue weighted by Crippen LogP contribution is -2.36. The van der Waals surface area contributed by atoms with Crippen LogP contribution in [0.2, 0.25) is 5.02 Å². The van der Waals surface area contributed by atoms with E-state index in [1.165, 1.54) is 0 Å². The number of carbonyl (C=O) groups is 1. The van der Waals surface area contributed by atoms with E-state index in [2.05, 4.69) is 10.6 Å². The van der Waals surface area contributed by atoms with Gasteiger partial charge in [-0.2, -0.15) is 0 Å². The van der Waals surface area contributed by atoms with E-state index in [1.54, 1.807) is 25.2 Å². The second-order valence-electron chi connectivity index (χ2n) is 5.43. The number of fused-ring (bicyclic) bond motifs is 1. The molecule has 0 aliphatic rings. The third-order valence-electron chi connectivity index (χ3n) is 3.94. The number of hydrogen-bond acceptors (Lipinski definition) is 2. The van der Waals surface area contributed by atoms with Crippen molar-refractivity contribution in [3.8, 4) is 5.75 Å². The molecule has 0 spiro atoms. The molecular formula is C19H17ClN2O2. The number of rotatable bonds is 3. The smallest absolute Gasteiger partial charge is 0.315 e. The van der Waals surface area contributed by atoms with Gasteiger partial charge in [-0.15, -0.1) is 0 Å². The first-order valence-electron chi connectivity index (χ1n) is 7.54. The minimum Gasteiger partial charge on any atom is -0.508 e. The highest BCUT2D eigenvalue weighted by atomic mass is 35.5. The summed E-state index contributed by atoms with van der Waals surface area (Å²) in [5.41, 5.74) is 1.48. The lowest BCUT2D eigenvalue weighted by atomic mass is 9.93. The van der Waals surface area contributed by atoms with Crippen LogP contribution in [0.15, 0.2) is 60.7 Å². The second-order valence-corrected chi connectivity index (χ2v) is 5.86. The minimum atomic E-state index is -0.506. The molecule has 0 saturated carbocycles. The number of halogens is 1. The Labute approximate surface area is 145 Å². The third-order valence-corrected chi connectivity index (χ3v) is 4.19. The summed E-state index contributed by atoms with van der Waals surface area (Å²) in [6.45, 7) is 0. The number of amides is 2. The fourth-order valence-electron chi connectivity index (χ4n) is 2.77. The summed E-state index contributed by atoms with van der Waals surface area (Å²) in [7, 11) is 1.55. The average molecular weight is 341 g/mol. The molecule has 4 nitrogen and oxygen atoms in total. The van der Waals surface area contributed by atoms with Gasteiger partial charge in [0.1, 0.15) is 5.75 Å². The summed E-state index contributed by atoms with van der Waals surface area (Å²) >= 11 is 5.97. The molecule has 0 aromatic heterocycles. The number of phenols is 1. The van der Waals surface area contributed by atoms with E-state index in [0.29, 0.717) is 10.6 Å². The first-order chi connectivity index (χ1) is 11.6. The Hall–Kier alpha value is -2.72. The molecule has 0 aliphatic carbocycles. The van der Waals surface area contributed by atoms with Crippen LogP contribution in [-0.2, 0) is 0 Å². The van der Waals surface area contributed by atoms with Crippen molar-refractivity contribution in [1.29, 1.82) is 0 Å². The predicted octanol–water partition coefficient (Wildman–Crippen LogP) is 4.22. The zero-order chi connectivity index (χ0) is 17.1. The zero-order valence-corrected chi connectivity index (χ0v) is 13.8. The summed E-state index contributed by atoms with van der Waals surface area (Å²) < 4.78 is 0. The van der Waals surface area contributed by atoms with E-state index in [-0.39, 0.29) is 11.8 Å². The van der Waals surface area contributed by atoms with Gasteiger partial charge in [0.25, 0.3) is 0 Å². The normalized spacial score (nSPS) is 11.9. The summed E-state index contributed by atoms with van der Waals surface area (Å²) in [5, 5.41) is 18.4. The monoisotopic (exact) mass is 340 g/mol. The molecule has 0 radical (unpaired) electrons. The van der Waals surface area contributed by atoms with Crippen molar-refractivity contribution in [2.24, 2.45) is 0 Å². The van der Waals surface area contributed by atoms with Gasteiger partial charge < -0.3 is 15.7 Å². The van der Waals surface area contributed by atoms with Crippen molar-refractivity contribution in [3.05, 3.63) is 76.8 Å². The van der Waals surface area contributed by atoms with E-state index in [9.17, 15) is 9.90 Å². The number of benzene rings is 3. The molecule has 0 aliphatic heterocycles. The van der Waals surface area contributed by atoms with E-state index in [0.717, 1.165) is 16.3 Å². The first kappa shape index (κ1) is 16.1. The molecule has 2 amide bonds. The lowest BCUT2D eigenvalue weighted by Gasteiger charge is -2.22. The minimum absolute atomic E-state index is 0.130. The van der Waals surface area contributed by atoms with Crippen molar-refractivity contribution in [2.75, 3.05) is 7.05 Å². The van der Waals surface area contributed by atoms with Crippen LogP contribution in [0.4, 0.5) is 4.79 Å². The van der Waals surface area contributed by atoms with Crippen molar-refractivity contribution in [2.45, 2.75) is 6.04 Å². The Morgan fingerprint density at radius 3 is 2.46 bits per heavy atom. The molecule has 3 aromatic rings. The van der Waals surface area contributed by atoms with Crippen molar-refractivity contribution in [3.63, 3.8) is 0 Å². The standard InChI is InChI=1S/C19H17ClN2O2/c1-21-19(24)22-18(13-6-9-14(20)10-7-13)17-15-5-3-2-4-12(15)8-11-16(17)23/h2-11,18,23H,1H3,(H2,21,22,24). The Kier molecular flexibility index (Phi) is 4.58. The summed E-state index contributed by atoms with van der Waals surface area (Å²) in [5.74, 6) is 0.130. The molecule has 24 heavy (non-hydrogen) atoms. The predicted molar refractivity (Wildman–Crippen MR) is 96.5 cm³/mol. The van der Waals surface area contributed by atoms with E-state index < -0.39 is 6.04 Å². The topological polar surface area (TPSA) is 61.4 Å². The van der Waals surface area contributed by atoms with Crippen molar-refractivity contribution < 1.29 is 9.90 Å². The van der Waals surface area contributed by atoms with Crippen LogP contribution in [-0.4, -0.2) is 18.2 Å². The molecule has 5 heteroatoms. The lowest BCUT2D eigenvalue weighted by molar-refractivity contribution is 0.240. The van der Waals surface area contributed by atoms with Crippen LogP contribution in [0.5, 0.6) is 5.75 Å². The van der Waals surface area contributed by atoms with Gasteiger partial charge >= 0.3 is 6.03 Å². The molecule has 0 bridgehead atoms. The molecule has 0 saturated heterocycles. The maximum Gasteiger partial charge on any atom is 0.315 e. The highest BCUT2D eigenvalue weighted by molar-refractivity contribution is 6.30. The van der Waals surface area contributed by atoms with Crippen molar-refractivity contribution in [1.82, 2.24) is 10.6 Å². The number of hydrogen-bond donors (Lipinski definition) is 3. The Bertz CT molecular complexity index is 878. The summed E-state index contributed by atoms with van der Waals surface area (Å²) in [6.07, 6.45) is 0. The van der Waals surface area contributed by atoms with Gasteiger partial charge in [0, 0.05) is 17.6 Å². The van der Waals surface area contributed by atoms with Gasteiger partial charge in [-0.05, 0) is 34.5 Å². The number of phenolic OH excluding ortho intramolecular Hbond substituents is 1. The van der Waals surface area contributed by atoms with Gasteiger partial charge in [-0.1, -0.05) is 54.1 Å². The molecule has 0 heterocycles. The van der Waals surface area contributed by atoms with Crippen LogP contribution in [0.1, 0.15) is 17.2 Å². The Balaban J connectivity index is 2.20. The summed E-state index contributed by atoms with van der Waals surface area (Å²) in [4.78, 5) is 12.0. The molecule has 1 unspecified atom stereocenters. The molecule has 0 fully saturated rings. The number of aromatic hydroxyl groups is 1. The first-order valence-corrected chi connectivity index (χ1v) is 7.92. The number of nitrogens with one attached hydrogen (secondary N) is 2. The molecule has 122 valence electrons. The zero-order valence-electron chi connectivity index (χ0n) is 13.1. The number of urea groups is 1. The van der Waals surface area contributed by atoms with Crippen LogP contribution in [0, 0.1) is 0 Å². The fourth-order valence-corrected chi connectivity index (χ4v) is 2.89. The van der Waals surface area contributed by atoms with Crippen LogP contribution >= 0.6 is 11.6 Å². The van der Waals surface area contributed by atoms with Gasteiger partial charge in [0.05, 0.1) is 6.04 Å². The van der Waals surface area contributed by atoms with Crippen LogP contribution in [0.25, 0.3) is 10.8 Å². The van der Waals surface area contributed by atoms with Gasteiger partial charge in [0.2, 0.25) is 0 Å². The second kappa shape index (κ2) is 6.81. The van der Waals surface area contributed by atoms with E-state index in [4.69, 9.17) is 11.6 Å². The number of carbonyl (C=O) groups excluding carboxylic acids is 1. The van der Waals surface area contributed by atoms with Crippen LogP contribution < -0.4 is 10.6 Å². The largest absolute Gasteiger partial charge is 0.508 e. The van der Waals surface area contributed by atoms with Crippen molar-refractivity contribution >= 4 is 28.4 Å². The SMILES string of the molecule is CNC(=O)NC(c1ccc(Cl)cc1)c1c(O)ccc2ccccc12. The van der Waals surface area contributed by atoms with Gasteiger partial charge in [-0.25, -0.2) is 4.79 Å². The van der Waals surface area contributed by atoms with E-state index in [1.807, 2.05) is 42.5 Å². The molecule has 3 aromatic carbocycles. The fraction of sp³-hybridized carbons (Fsp3) is 0.105. The molecule has 3 N–H and O–H groups in total. The third kappa shape index (κ3) is 3.14. The molecule has 1 atom stereocenters. The van der Waals surface area contributed by atoms with Gasteiger partial charge in [0.15, 0.2) is 0 Å². The maximum atomic E-state index is 12.0. The quantitative estimate of drug-likeness (QED) is 0.668. The van der Waals surface area contributed by atoms with E-state index >= 15 is 0 Å². The van der Waals surface area contributed by atoms with Crippen LogP contribution in [0.3, 0.4) is 0 Å². The molecular weight excluding hydrogens is 324 g/mol.